The van der Waals surface area contributed by atoms with E-state index in [1.54, 1.807) is 42.6 Å². The van der Waals surface area contributed by atoms with E-state index in [1.165, 1.54) is 7.05 Å². The van der Waals surface area contributed by atoms with E-state index in [4.69, 9.17) is 10.00 Å². The molecule has 1 aromatic heterocycles. The number of nitrogens with one attached hydrogen (secondary N) is 2. The molecule has 0 amide bonds. The van der Waals surface area contributed by atoms with Crippen molar-refractivity contribution in [2.24, 2.45) is 0 Å². The first-order valence-corrected chi connectivity index (χ1v) is 7.63. The number of hydrogen-bond acceptors (Lipinski definition) is 6. The molecule has 2 N–H and O–H groups in total. The van der Waals surface area contributed by atoms with E-state index in [0.29, 0.717) is 16.8 Å². The van der Waals surface area contributed by atoms with Gasteiger partial charge in [0.2, 0.25) is 0 Å². The molecule has 1 aliphatic rings. The lowest BCUT2D eigenvalue weighted by atomic mass is 9.86. The topological polar surface area (TPSA) is 128 Å². The van der Waals surface area contributed by atoms with Crippen molar-refractivity contribution >= 4 is 5.76 Å². The van der Waals surface area contributed by atoms with Crippen LogP contribution in [0.1, 0.15) is 22.7 Å². The number of rotatable bonds is 4. The molecule has 0 aliphatic carbocycles. The Kier molecular flexibility index (Phi) is 4.42. The summed E-state index contributed by atoms with van der Waals surface area (Å²) < 4.78 is 5.65. The number of nitriles is 2. The fourth-order valence-corrected chi connectivity index (χ4v) is 2.84. The third-order valence-corrected chi connectivity index (χ3v) is 4.00. The quantitative estimate of drug-likeness (QED) is 0.646. The van der Waals surface area contributed by atoms with Crippen molar-refractivity contribution in [3.8, 4) is 12.1 Å². The van der Waals surface area contributed by atoms with Crippen molar-refractivity contribution in [1.82, 2.24) is 10.3 Å². The van der Waals surface area contributed by atoms with Crippen molar-refractivity contribution in [3.05, 3.63) is 86.7 Å². The molecule has 8 heteroatoms. The minimum Gasteiger partial charge on any atom is -0.432 e. The molecule has 0 spiro atoms. The lowest BCUT2D eigenvalue weighted by molar-refractivity contribution is -0.433. The SMILES string of the molecule is CNC1=C([N+](=O)[O-])C(c2ccc(C#N)cc2)C(C#N)=C(c2ccc[nH]2)O1. The highest BCUT2D eigenvalue weighted by molar-refractivity contribution is 5.70. The first kappa shape index (κ1) is 16.8. The summed E-state index contributed by atoms with van der Waals surface area (Å²) in [7, 11) is 1.51. The highest BCUT2D eigenvalue weighted by Gasteiger charge is 2.42. The molecular formula is C18H13N5O3. The molecule has 0 bridgehead atoms. The average molecular weight is 347 g/mol. The van der Waals surface area contributed by atoms with Crippen molar-refractivity contribution < 1.29 is 9.66 Å². The molecule has 8 nitrogen and oxygen atoms in total. The molecule has 0 radical (unpaired) electrons. The molecule has 0 saturated carbocycles. The highest BCUT2D eigenvalue weighted by Crippen LogP contribution is 2.42. The van der Waals surface area contributed by atoms with E-state index in [2.05, 4.69) is 16.4 Å². The molecule has 2 heterocycles. The maximum absolute atomic E-state index is 11.7. The number of allylic oxidation sites excluding steroid dienone is 1. The number of nitro groups is 1. The fourth-order valence-electron chi connectivity index (χ4n) is 2.84. The van der Waals surface area contributed by atoms with Crippen LogP contribution in [-0.2, 0) is 4.74 Å². The summed E-state index contributed by atoms with van der Waals surface area (Å²) in [6.45, 7) is 0. The van der Waals surface area contributed by atoms with Crippen LogP contribution in [0, 0.1) is 32.8 Å². The van der Waals surface area contributed by atoms with Crippen LogP contribution in [0.3, 0.4) is 0 Å². The summed E-state index contributed by atoms with van der Waals surface area (Å²) in [6, 6.07) is 13.8. The van der Waals surface area contributed by atoms with Gasteiger partial charge in [-0.25, -0.2) is 0 Å². The highest BCUT2D eigenvalue weighted by atomic mass is 16.6. The van der Waals surface area contributed by atoms with Gasteiger partial charge in [-0.3, -0.25) is 10.1 Å². The minimum atomic E-state index is -0.933. The summed E-state index contributed by atoms with van der Waals surface area (Å²) in [5, 5.41) is 33.1. The largest absolute Gasteiger partial charge is 0.432 e. The van der Waals surface area contributed by atoms with Crippen LogP contribution in [0.4, 0.5) is 0 Å². The van der Waals surface area contributed by atoms with E-state index < -0.39 is 10.8 Å². The molecule has 1 atom stereocenters. The van der Waals surface area contributed by atoms with E-state index in [1.807, 2.05) is 6.07 Å². The molecule has 0 saturated heterocycles. The van der Waals surface area contributed by atoms with Crippen LogP contribution in [0.15, 0.2) is 59.7 Å². The second kappa shape index (κ2) is 6.83. The Morgan fingerprint density at radius 1 is 1.23 bits per heavy atom. The molecule has 26 heavy (non-hydrogen) atoms. The van der Waals surface area contributed by atoms with Gasteiger partial charge >= 0.3 is 5.70 Å². The Hall–Kier alpha value is -4.04. The minimum absolute atomic E-state index is 0.0343. The average Bonchev–Trinajstić information content (AvgIpc) is 3.20. The lowest BCUT2D eigenvalue weighted by Crippen LogP contribution is -2.26. The summed E-state index contributed by atoms with van der Waals surface area (Å²) in [6.07, 6.45) is 1.67. The van der Waals surface area contributed by atoms with E-state index in [-0.39, 0.29) is 22.9 Å². The number of H-pyrrole nitrogens is 1. The molecule has 1 aromatic carbocycles. The zero-order valence-corrected chi connectivity index (χ0v) is 13.7. The van der Waals surface area contributed by atoms with Crippen LogP contribution in [-0.4, -0.2) is 17.0 Å². The summed E-state index contributed by atoms with van der Waals surface area (Å²) >= 11 is 0. The Morgan fingerprint density at radius 2 is 1.96 bits per heavy atom. The van der Waals surface area contributed by atoms with E-state index >= 15 is 0 Å². The Labute approximate surface area is 148 Å². The number of hydrogen-bond donors (Lipinski definition) is 2. The molecule has 1 aliphatic heterocycles. The smallest absolute Gasteiger partial charge is 0.318 e. The number of nitrogens with zero attached hydrogens (tertiary/aromatic N) is 3. The number of benzene rings is 1. The predicted molar refractivity (Wildman–Crippen MR) is 91.4 cm³/mol. The molecule has 2 aromatic rings. The standard InChI is InChI=1S/C18H13N5O3/c1-21-18-16(23(24)25)15(12-6-4-11(9-19)5-7-12)13(10-20)17(26-18)14-3-2-8-22-14/h2-8,15,21-22H,1H3. The molecule has 3 rings (SSSR count). The van der Waals surface area contributed by atoms with Gasteiger partial charge < -0.3 is 15.0 Å². The van der Waals surface area contributed by atoms with E-state index in [0.717, 1.165) is 0 Å². The molecular weight excluding hydrogens is 334 g/mol. The number of ether oxygens (including phenoxy) is 1. The van der Waals surface area contributed by atoms with Gasteiger partial charge in [0.15, 0.2) is 5.76 Å². The van der Waals surface area contributed by atoms with Crippen molar-refractivity contribution in [2.75, 3.05) is 7.05 Å². The second-order valence-corrected chi connectivity index (χ2v) is 5.43. The first-order valence-electron chi connectivity index (χ1n) is 7.63. The third kappa shape index (κ3) is 2.76. The normalized spacial score (nSPS) is 16.5. The number of aromatic nitrogens is 1. The predicted octanol–water partition coefficient (Wildman–Crippen LogP) is 2.60. The Bertz CT molecular complexity index is 989. The Morgan fingerprint density at radius 3 is 2.46 bits per heavy atom. The van der Waals surface area contributed by atoms with Gasteiger partial charge in [-0.2, -0.15) is 10.5 Å². The van der Waals surface area contributed by atoms with Gasteiger partial charge in [-0.1, -0.05) is 12.1 Å². The van der Waals surface area contributed by atoms with Crippen LogP contribution in [0.25, 0.3) is 5.76 Å². The maximum Gasteiger partial charge on any atom is 0.318 e. The fraction of sp³-hybridized carbons (Fsp3) is 0.111. The zero-order valence-electron chi connectivity index (χ0n) is 13.7. The van der Waals surface area contributed by atoms with Crippen molar-refractivity contribution in [1.29, 1.82) is 10.5 Å². The van der Waals surface area contributed by atoms with Gasteiger partial charge in [0, 0.05) is 13.2 Å². The van der Waals surface area contributed by atoms with Crippen LogP contribution in [0.2, 0.25) is 0 Å². The first-order chi connectivity index (χ1) is 12.6. The summed E-state index contributed by atoms with van der Waals surface area (Å²) in [5.41, 5.74) is 1.34. The van der Waals surface area contributed by atoms with Crippen molar-refractivity contribution in [3.63, 3.8) is 0 Å². The van der Waals surface area contributed by atoms with Crippen LogP contribution >= 0.6 is 0 Å². The summed E-state index contributed by atoms with van der Waals surface area (Å²) in [4.78, 5) is 14.1. The molecule has 128 valence electrons. The second-order valence-electron chi connectivity index (χ2n) is 5.43. The Balaban J connectivity index is 2.25. The van der Waals surface area contributed by atoms with Gasteiger partial charge in [-0.05, 0) is 29.8 Å². The summed E-state index contributed by atoms with van der Waals surface area (Å²) in [5.74, 6) is -0.744. The number of aromatic amines is 1. The van der Waals surface area contributed by atoms with Crippen LogP contribution in [0.5, 0.6) is 0 Å². The monoisotopic (exact) mass is 347 g/mol. The maximum atomic E-state index is 11.7. The van der Waals surface area contributed by atoms with E-state index in [9.17, 15) is 15.4 Å². The lowest BCUT2D eigenvalue weighted by Gasteiger charge is -2.25. The zero-order chi connectivity index (χ0) is 18.7. The van der Waals surface area contributed by atoms with Gasteiger partial charge in [-0.15, -0.1) is 0 Å². The molecule has 1 unspecified atom stereocenters. The van der Waals surface area contributed by atoms with Gasteiger partial charge in [0.05, 0.1) is 33.9 Å². The van der Waals surface area contributed by atoms with Crippen molar-refractivity contribution in [2.45, 2.75) is 5.92 Å². The molecule has 0 fully saturated rings. The van der Waals surface area contributed by atoms with Gasteiger partial charge in [0.25, 0.3) is 5.88 Å². The van der Waals surface area contributed by atoms with Gasteiger partial charge in [0.1, 0.15) is 5.92 Å². The van der Waals surface area contributed by atoms with Crippen LogP contribution < -0.4 is 5.32 Å². The third-order valence-electron chi connectivity index (χ3n) is 4.00.